The van der Waals surface area contributed by atoms with E-state index in [1.165, 1.54) is 11.1 Å². The van der Waals surface area contributed by atoms with E-state index >= 15 is 0 Å². The number of fused-ring (bicyclic) bond motifs is 1. The van der Waals surface area contributed by atoms with Gasteiger partial charge in [-0.15, -0.1) is 0 Å². The van der Waals surface area contributed by atoms with Crippen LogP contribution in [0.15, 0.2) is 24.4 Å². The molecule has 0 unspecified atom stereocenters. The standard InChI is InChI=1S/C9H8ClN/c10-9-2-1-7-3-4-11-6-8(7)5-9/h1-5,11H,6H2. The molecule has 2 rings (SSSR count). The second-order valence-electron chi connectivity index (χ2n) is 2.56. The average Bonchev–Trinajstić information content (AvgIpc) is 2.04. The van der Waals surface area contributed by atoms with Crippen molar-refractivity contribution in [3.05, 3.63) is 40.5 Å². The molecule has 0 radical (unpaired) electrons. The molecule has 0 aromatic heterocycles. The van der Waals surface area contributed by atoms with Crippen molar-refractivity contribution in [1.82, 2.24) is 5.32 Å². The molecule has 1 nitrogen and oxygen atoms in total. The van der Waals surface area contributed by atoms with Crippen molar-refractivity contribution < 1.29 is 0 Å². The van der Waals surface area contributed by atoms with Gasteiger partial charge in [0.2, 0.25) is 0 Å². The zero-order chi connectivity index (χ0) is 7.68. The zero-order valence-corrected chi connectivity index (χ0v) is 6.73. The Morgan fingerprint density at radius 3 is 3.18 bits per heavy atom. The van der Waals surface area contributed by atoms with Crippen LogP contribution in [0.4, 0.5) is 0 Å². The lowest BCUT2D eigenvalue weighted by Crippen LogP contribution is -2.09. The Morgan fingerprint density at radius 2 is 2.27 bits per heavy atom. The highest BCUT2D eigenvalue weighted by atomic mass is 35.5. The quantitative estimate of drug-likeness (QED) is 0.623. The summed E-state index contributed by atoms with van der Waals surface area (Å²) >= 11 is 5.82. The Morgan fingerprint density at radius 1 is 1.36 bits per heavy atom. The summed E-state index contributed by atoms with van der Waals surface area (Å²) in [5.41, 5.74) is 2.52. The van der Waals surface area contributed by atoms with Gasteiger partial charge >= 0.3 is 0 Å². The number of halogens is 1. The normalized spacial score (nSPS) is 13.9. The number of hydrogen-bond acceptors (Lipinski definition) is 1. The third-order valence-corrected chi connectivity index (χ3v) is 2.01. The molecule has 0 saturated carbocycles. The summed E-state index contributed by atoms with van der Waals surface area (Å²) in [4.78, 5) is 0. The molecule has 56 valence electrons. The summed E-state index contributed by atoms with van der Waals surface area (Å²) in [6, 6.07) is 5.94. The Bertz CT molecular complexity index is 304. The SMILES string of the molecule is Clc1ccc2c(c1)CNC=C2. The van der Waals surface area contributed by atoms with Crippen LogP contribution < -0.4 is 5.32 Å². The molecule has 0 atom stereocenters. The van der Waals surface area contributed by atoms with Gasteiger partial charge in [-0.25, -0.2) is 0 Å². The van der Waals surface area contributed by atoms with E-state index < -0.39 is 0 Å². The maximum atomic E-state index is 5.82. The molecule has 1 aromatic rings. The van der Waals surface area contributed by atoms with Gasteiger partial charge in [-0.1, -0.05) is 17.7 Å². The molecule has 11 heavy (non-hydrogen) atoms. The summed E-state index contributed by atoms with van der Waals surface area (Å²) in [6.07, 6.45) is 4.01. The second-order valence-corrected chi connectivity index (χ2v) is 2.99. The molecule has 1 aromatic carbocycles. The lowest BCUT2D eigenvalue weighted by atomic mass is 10.1. The first-order valence-electron chi connectivity index (χ1n) is 3.54. The Kier molecular flexibility index (Phi) is 1.59. The molecule has 0 saturated heterocycles. The molecule has 1 heterocycles. The highest BCUT2D eigenvalue weighted by molar-refractivity contribution is 6.30. The molecule has 1 N–H and O–H groups in total. The van der Waals surface area contributed by atoms with Crippen LogP contribution in [-0.2, 0) is 6.54 Å². The van der Waals surface area contributed by atoms with E-state index in [0.29, 0.717) is 0 Å². The number of nitrogens with one attached hydrogen (secondary N) is 1. The van der Waals surface area contributed by atoms with Gasteiger partial charge < -0.3 is 5.32 Å². The van der Waals surface area contributed by atoms with Crippen LogP contribution in [-0.4, -0.2) is 0 Å². The van der Waals surface area contributed by atoms with E-state index in [0.717, 1.165) is 11.6 Å². The number of hydrogen-bond donors (Lipinski definition) is 1. The predicted octanol–water partition coefficient (Wildman–Crippen LogP) is 2.41. The van der Waals surface area contributed by atoms with Gasteiger partial charge in [0.1, 0.15) is 0 Å². The van der Waals surface area contributed by atoms with Crippen molar-refractivity contribution in [2.45, 2.75) is 6.54 Å². The molecule has 0 spiro atoms. The molecule has 0 amide bonds. The van der Waals surface area contributed by atoms with E-state index in [1.54, 1.807) is 0 Å². The van der Waals surface area contributed by atoms with Crippen LogP contribution in [0.25, 0.3) is 6.08 Å². The van der Waals surface area contributed by atoms with E-state index in [1.807, 2.05) is 24.4 Å². The second kappa shape index (κ2) is 2.59. The van der Waals surface area contributed by atoms with Gasteiger partial charge in [-0.05, 0) is 35.5 Å². The topological polar surface area (TPSA) is 12.0 Å². The van der Waals surface area contributed by atoms with Gasteiger partial charge in [0.05, 0.1) is 0 Å². The lowest BCUT2D eigenvalue weighted by Gasteiger charge is -2.11. The molecule has 0 bridgehead atoms. The van der Waals surface area contributed by atoms with Crippen LogP contribution in [0.5, 0.6) is 0 Å². The van der Waals surface area contributed by atoms with Crippen molar-refractivity contribution in [1.29, 1.82) is 0 Å². The highest BCUT2D eigenvalue weighted by Gasteiger charge is 2.02. The minimum absolute atomic E-state index is 0.806. The van der Waals surface area contributed by atoms with Crippen molar-refractivity contribution in [2.75, 3.05) is 0 Å². The molecule has 1 aliphatic heterocycles. The Labute approximate surface area is 70.7 Å². The minimum Gasteiger partial charge on any atom is -0.387 e. The molecular weight excluding hydrogens is 158 g/mol. The highest BCUT2D eigenvalue weighted by Crippen LogP contribution is 2.18. The van der Waals surface area contributed by atoms with Gasteiger partial charge in [0.15, 0.2) is 0 Å². The summed E-state index contributed by atoms with van der Waals surface area (Å²) in [5, 5.41) is 3.94. The smallest absolute Gasteiger partial charge is 0.0409 e. The molecule has 0 fully saturated rings. The lowest BCUT2D eigenvalue weighted by molar-refractivity contribution is 0.859. The van der Waals surface area contributed by atoms with E-state index in [4.69, 9.17) is 11.6 Å². The van der Waals surface area contributed by atoms with Gasteiger partial charge in [0.25, 0.3) is 0 Å². The molecular formula is C9H8ClN. The van der Waals surface area contributed by atoms with Crippen LogP contribution in [0.2, 0.25) is 5.02 Å². The van der Waals surface area contributed by atoms with Crippen molar-refractivity contribution in [3.63, 3.8) is 0 Å². The third-order valence-electron chi connectivity index (χ3n) is 1.78. The van der Waals surface area contributed by atoms with Crippen molar-refractivity contribution >= 4 is 17.7 Å². The van der Waals surface area contributed by atoms with E-state index in [2.05, 4.69) is 11.4 Å². The molecule has 0 aliphatic carbocycles. The fourth-order valence-electron chi connectivity index (χ4n) is 1.21. The first-order chi connectivity index (χ1) is 5.36. The van der Waals surface area contributed by atoms with Crippen molar-refractivity contribution in [3.8, 4) is 0 Å². The Hall–Kier alpha value is -0.950. The zero-order valence-electron chi connectivity index (χ0n) is 5.97. The predicted molar refractivity (Wildman–Crippen MR) is 47.3 cm³/mol. The van der Waals surface area contributed by atoms with Crippen LogP contribution in [0.1, 0.15) is 11.1 Å². The fraction of sp³-hybridized carbons (Fsp3) is 0.111. The molecule has 2 heteroatoms. The number of benzene rings is 1. The summed E-state index contributed by atoms with van der Waals surface area (Å²) < 4.78 is 0. The van der Waals surface area contributed by atoms with Gasteiger partial charge in [-0.3, -0.25) is 0 Å². The third kappa shape index (κ3) is 1.24. The first-order valence-corrected chi connectivity index (χ1v) is 3.92. The van der Waals surface area contributed by atoms with Gasteiger partial charge in [-0.2, -0.15) is 0 Å². The molecule has 1 aliphatic rings. The minimum atomic E-state index is 0.806. The van der Waals surface area contributed by atoms with E-state index in [9.17, 15) is 0 Å². The van der Waals surface area contributed by atoms with Crippen LogP contribution >= 0.6 is 11.6 Å². The monoisotopic (exact) mass is 165 g/mol. The maximum absolute atomic E-state index is 5.82. The van der Waals surface area contributed by atoms with Crippen LogP contribution in [0.3, 0.4) is 0 Å². The van der Waals surface area contributed by atoms with Crippen molar-refractivity contribution in [2.24, 2.45) is 0 Å². The number of rotatable bonds is 0. The maximum Gasteiger partial charge on any atom is 0.0409 e. The average molecular weight is 166 g/mol. The largest absolute Gasteiger partial charge is 0.387 e. The van der Waals surface area contributed by atoms with Gasteiger partial charge in [0, 0.05) is 11.6 Å². The summed E-state index contributed by atoms with van der Waals surface area (Å²) in [7, 11) is 0. The fourth-order valence-corrected chi connectivity index (χ4v) is 1.40. The van der Waals surface area contributed by atoms with Crippen LogP contribution in [0, 0.1) is 0 Å². The first kappa shape index (κ1) is 6.74. The summed E-state index contributed by atoms with van der Waals surface area (Å²) in [5.74, 6) is 0. The summed E-state index contributed by atoms with van der Waals surface area (Å²) in [6.45, 7) is 0.881. The Balaban J connectivity index is 2.53. The van der Waals surface area contributed by atoms with E-state index in [-0.39, 0.29) is 0 Å².